The van der Waals surface area contributed by atoms with Gasteiger partial charge in [0.15, 0.2) is 0 Å². The molecular weight excluding hydrogens is 675 g/mol. The van der Waals surface area contributed by atoms with Crippen molar-refractivity contribution in [3.05, 3.63) is 144 Å². The summed E-state index contributed by atoms with van der Waals surface area (Å²) in [5, 5.41) is 0. The molecule has 0 aromatic heterocycles. The molecule has 0 spiro atoms. The van der Waals surface area contributed by atoms with Gasteiger partial charge in [-0.05, 0) is 51.8 Å². The van der Waals surface area contributed by atoms with Gasteiger partial charge in [0, 0.05) is 31.9 Å². The summed E-state index contributed by atoms with van der Waals surface area (Å²) >= 11 is 1.08. The van der Waals surface area contributed by atoms with E-state index >= 15 is 0 Å². The number of fused-ring (bicyclic) bond motifs is 3. The van der Waals surface area contributed by atoms with Crippen LogP contribution in [0, 0.1) is 12.1 Å². The van der Waals surface area contributed by atoms with Crippen LogP contribution in [0.25, 0.3) is 11.1 Å². The monoisotopic (exact) mass is 718 g/mol. The van der Waals surface area contributed by atoms with Gasteiger partial charge in [-0.2, -0.15) is 18.2 Å². The number of hydrogen-bond acceptors (Lipinski definition) is 2. The van der Waals surface area contributed by atoms with E-state index in [9.17, 15) is 0 Å². The Morgan fingerprint density at radius 3 is 1.81 bits per heavy atom. The number of rotatable bonds is 8. The van der Waals surface area contributed by atoms with Crippen LogP contribution in [0.3, 0.4) is 0 Å². The van der Waals surface area contributed by atoms with E-state index < -0.39 is 0 Å². The molecular formula is C39H42HfN2. The molecule has 3 heteroatoms. The molecule has 4 aromatic rings. The second kappa shape index (κ2) is 16.4. The summed E-state index contributed by atoms with van der Waals surface area (Å²) in [6, 6.07) is 36.3. The van der Waals surface area contributed by atoms with Crippen molar-refractivity contribution in [1.82, 2.24) is 0 Å². The molecule has 0 aliphatic heterocycles. The summed E-state index contributed by atoms with van der Waals surface area (Å²) in [4.78, 5) is 4.78. The maximum absolute atomic E-state index is 3.66. The van der Waals surface area contributed by atoms with E-state index in [2.05, 4.69) is 147 Å². The van der Waals surface area contributed by atoms with Gasteiger partial charge >= 0.3 is 98.9 Å². The fourth-order valence-electron chi connectivity index (χ4n) is 5.35. The van der Waals surface area contributed by atoms with E-state index in [1.165, 1.54) is 48.0 Å². The van der Waals surface area contributed by atoms with Gasteiger partial charge in [0.25, 0.3) is 0 Å². The van der Waals surface area contributed by atoms with Crippen molar-refractivity contribution in [2.75, 3.05) is 36.0 Å². The molecule has 0 bridgehead atoms. The number of hydrogen-bond donors (Lipinski definition) is 0. The molecule has 0 fully saturated rings. The third-order valence-corrected chi connectivity index (χ3v) is 9.78. The van der Waals surface area contributed by atoms with E-state index in [1.807, 2.05) is 12.2 Å². The third kappa shape index (κ3) is 8.16. The predicted molar refractivity (Wildman–Crippen MR) is 178 cm³/mol. The van der Waals surface area contributed by atoms with Crippen LogP contribution in [0.15, 0.2) is 109 Å². The number of allylic oxidation sites excluding steroid dienone is 4. The summed E-state index contributed by atoms with van der Waals surface area (Å²) < 4.78 is 1.46. The Kier molecular flexibility index (Phi) is 12.3. The van der Waals surface area contributed by atoms with Gasteiger partial charge in [0.1, 0.15) is 0 Å². The molecule has 42 heavy (non-hydrogen) atoms. The molecule has 0 saturated carbocycles. The Bertz CT molecular complexity index is 1370. The third-order valence-electron chi connectivity index (χ3n) is 7.70. The molecule has 0 atom stereocenters. The van der Waals surface area contributed by atoms with E-state index in [0.717, 1.165) is 62.9 Å². The average Bonchev–Trinajstić information content (AvgIpc) is 3.75. The van der Waals surface area contributed by atoms with Gasteiger partial charge in [-0.1, -0.05) is 17.3 Å². The van der Waals surface area contributed by atoms with E-state index in [1.54, 1.807) is 0 Å². The Morgan fingerprint density at radius 1 is 0.714 bits per heavy atom. The maximum atomic E-state index is 3.66. The number of nitrogens with zero attached hydrogens (tertiary/aromatic N) is 2. The topological polar surface area (TPSA) is 6.48 Å². The van der Waals surface area contributed by atoms with Crippen LogP contribution in [0.2, 0.25) is 0 Å². The van der Waals surface area contributed by atoms with Crippen LogP contribution in [-0.2, 0) is 30.3 Å². The zero-order valence-corrected chi connectivity index (χ0v) is 29.1. The second-order valence-electron chi connectivity index (χ2n) is 10.2. The molecule has 4 aromatic carbocycles. The number of anilines is 2. The molecule has 6 rings (SSSR count). The van der Waals surface area contributed by atoms with Gasteiger partial charge < -0.3 is 9.80 Å². The standard InChI is InChI=1S/C21H27N2.C13H10.C5H5.Hf/c1-5-22(6-2)18-9-11-20-16(14-18)13-17-15-19(10-12-21(17)20)23(7-3)8-4;1-3-7-12(8-4-1)11-13-9-5-2-6-10-13;1-2-4-5-3-1;/h9-12,14H,5-8,13H2,1-4H3;1-10H;1-3H,4H2;/q-1;;-1;+2. The van der Waals surface area contributed by atoms with Crippen molar-refractivity contribution in [2.45, 2.75) is 40.5 Å². The number of benzene rings is 4. The first-order valence-electron chi connectivity index (χ1n) is 15.2. The minimum absolute atomic E-state index is 1.01. The molecule has 2 aliphatic rings. The van der Waals surface area contributed by atoms with Crippen molar-refractivity contribution in [2.24, 2.45) is 0 Å². The Labute approximate surface area is 268 Å². The molecule has 2 nitrogen and oxygen atoms in total. The van der Waals surface area contributed by atoms with Crippen molar-refractivity contribution in [3.8, 4) is 11.1 Å². The molecule has 0 radical (unpaired) electrons. The Balaban J connectivity index is 0.000000179. The van der Waals surface area contributed by atoms with Crippen molar-refractivity contribution >= 4 is 14.6 Å². The van der Waals surface area contributed by atoms with Crippen molar-refractivity contribution in [3.63, 3.8) is 0 Å². The average molecular weight is 717 g/mol. The van der Waals surface area contributed by atoms with Crippen LogP contribution in [0.1, 0.15) is 56.4 Å². The van der Waals surface area contributed by atoms with Crippen LogP contribution < -0.4 is 9.80 Å². The Morgan fingerprint density at radius 2 is 1.31 bits per heavy atom. The predicted octanol–water partition coefficient (Wildman–Crippen LogP) is 8.86. The molecule has 212 valence electrons. The summed E-state index contributed by atoms with van der Waals surface area (Å²) in [6.45, 7) is 13.0. The first-order chi connectivity index (χ1) is 20.6. The summed E-state index contributed by atoms with van der Waals surface area (Å²) in [5.41, 5.74) is 10.8. The van der Waals surface area contributed by atoms with Gasteiger partial charge in [-0.15, -0.1) is 23.6 Å². The fraction of sp³-hybridized carbons (Fsp3) is 0.256. The molecule has 2 aliphatic carbocycles. The van der Waals surface area contributed by atoms with Crippen molar-refractivity contribution in [1.29, 1.82) is 0 Å². The van der Waals surface area contributed by atoms with Crippen LogP contribution in [0.5, 0.6) is 0 Å². The Hall–Kier alpha value is -3.30. The van der Waals surface area contributed by atoms with Gasteiger partial charge in [0.05, 0.1) is 0 Å². The minimum atomic E-state index is 1.01. The fourth-order valence-corrected chi connectivity index (χ4v) is 6.55. The molecule has 0 unspecified atom stereocenters. The normalized spacial score (nSPS) is 12.0. The summed E-state index contributed by atoms with van der Waals surface area (Å²) in [6.07, 6.45) is 11.0. The van der Waals surface area contributed by atoms with E-state index in [4.69, 9.17) is 0 Å². The van der Waals surface area contributed by atoms with Crippen molar-refractivity contribution < 1.29 is 23.9 Å². The SMILES string of the molecule is CCN(CC)c1[c-]c2c(cc1)-c1ccc(N(CC)CC)cc1C2.[C-]1=CC=CC1.[Hf+2]=[C](c1ccccc1)c1ccccc1. The summed E-state index contributed by atoms with van der Waals surface area (Å²) in [7, 11) is 0. The molecule has 0 N–H and O–H groups in total. The second-order valence-corrected chi connectivity index (χ2v) is 12.0. The quantitative estimate of drug-likeness (QED) is 0.117. The molecule has 0 heterocycles. The molecule has 0 amide bonds. The van der Waals surface area contributed by atoms with Gasteiger partial charge in [0.2, 0.25) is 0 Å². The first kappa shape index (κ1) is 31.6. The zero-order chi connectivity index (χ0) is 29.7. The van der Waals surface area contributed by atoms with Crippen LogP contribution in [0.4, 0.5) is 11.4 Å². The van der Waals surface area contributed by atoms with E-state index in [-0.39, 0.29) is 0 Å². The van der Waals surface area contributed by atoms with Gasteiger partial charge in [-0.25, -0.2) is 12.2 Å². The summed E-state index contributed by atoms with van der Waals surface area (Å²) in [5.74, 6) is 0. The molecule has 0 saturated heterocycles. The van der Waals surface area contributed by atoms with Gasteiger partial charge in [-0.3, -0.25) is 6.08 Å². The van der Waals surface area contributed by atoms with Crippen LogP contribution >= 0.6 is 0 Å². The van der Waals surface area contributed by atoms with Crippen LogP contribution in [-0.4, -0.2) is 29.4 Å². The van der Waals surface area contributed by atoms with E-state index in [0.29, 0.717) is 0 Å². The zero-order valence-electron chi connectivity index (χ0n) is 25.5. The first-order valence-corrected chi connectivity index (χ1v) is 17.0.